The smallest absolute Gasteiger partial charge is 0.310 e. The molecule has 0 heterocycles. The lowest BCUT2D eigenvalue weighted by Crippen LogP contribution is -2.08. The first-order chi connectivity index (χ1) is 7.04. The van der Waals surface area contributed by atoms with Crippen LogP contribution >= 0.6 is 15.9 Å². The van der Waals surface area contributed by atoms with Crippen molar-refractivity contribution >= 4 is 21.9 Å². The summed E-state index contributed by atoms with van der Waals surface area (Å²) in [6, 6.07) is 2.76. The largest absolute Gasteiger partial charge is 0.466 e. The summed E-state index contributed by atoms with van der Waals surface area (Å²) in [5.74, 6) is -0.682. The van der Waals surface area contributed by atoms with Crippen LogP contribution in [-0.4, -0.2) is 12.6 Å². The van der Waals surface area contributed by atoms with Crippen molar-refractivity contribution in [2.24, 2.45) is 0 Å². The maximum absolute atomic E-state index is 13.1. The van der Waals surface area contributed by atoms with Crippen LogP contribution in [0.3, 0.4) is 0 Å². The van der Waals surface area contributed by atoms with Crippen molar-refractivity contribution in [2.45, 2.75) is 20.3 Å². The van der Waals surface area contributed by atoms with E-state index in [0.29, 0.717) is 12.2 Å². The van der Waals surface area contributed by atoms with Gasteiger partial charge in [0.1, 0.15) is 5.82 Å². The minimum atomic E-state index is -0.344. The Bertz CT molecular complexity index is 377. The molecule has 0 radical (unpaired) electrons. The van der Waals surface area contributed by atoms with Crippen molar-refractivity contribution in [1.29, 1.82) is 0 Å². The van der Waals surface area contributed by atoms with Crippen LogP contribution in [0.2, 0.25) is 0 Å². The van der Waals surface area contributed by atoms with Gasteiger partial charge >= 0.3 is 5.97 Å². The molecule has 0 aliphatic carbocycles. The van der Waals surface area contributed by atoms with Gasteiger partial charge in [-0.1, -0.05) is 15.9 Å². The molecule has 0 saturated heterocycles. The fourth-order valence-corrected chi connectivity index (χ4v) is 1.66. The van der Waals surface area contributed by atoms with Gasteiger partial charge in [0.15, 0.2) is 0 Å². The van der Waals surface area contributed by atoms with E-state index in [1.807, 2.05) is 0 Å². The van der Waals surface area contributed by atoms with Gasteiger partial charge in [0.2, 0.25) is 0 Å². The number of carbonyl (C=O) groups excluding carboxylic acids is 1. The number of rotatable bonds is 3. The lowest BCUT2D eigenvalue weighted by molar-refractivity contribution is -0.142. The van der Waals surface area contributed by atoms with Crippen LogP contribution in [0.5, 0.6) is 0 Å². The maximum Gasteiger partial charge on any atom is 0.310 e. The summed E-state index contributed by atoms with van der Waals surface area (Å²) in [5, 5.41) is 0. The third kappa shape index (κ3) is 3.30. The SMILES string of the molecule is CCOC(=O)Cc1cc(F)cc(C)c1Br. The van der Waals surface area contributed by atoms with E-state index in [4.69, 9.17) is 4.74 Å². The van der Waals surface area contributed by atoms with Crippen molar-refractivity contribution in [3.8, 4) is 0 Å². The molecule has 1 aromatic carbocycles. The lowest BCUT2D eigenvalue weighted by atomic mass is 10.1. The van der Waals surface area contributed by atoms with E-state index in [1.165, 1.54) is 12.1 Å². The Kier molecular flexibility index (Phi) is 4.27. The van der Waals surface area contributed by atoms with Crippen LogP contribution < -0.4 is 0 Å². The minimum absolute atomic E-state index is 0.0903. The Balaban J connectivity index is 2.89. The highest BCUT2D eigenvalue weighted by molar-refractivity contribution is 9.10. The second-order valence-corrected chi connectivity index (χ2v) is 3.97. The second-order valence-electron chi connectivity index (χ2n) is 3.18. The monoisotopic (exact) mass is 274 g/mol. The molecule has 0 atom stereocenters. The number of aryl methyl sites for hydroxylation is 1. The van der Waals surface area contributed by atoms with Crippen LogP contribution in [-0.2, 0) is 16.0 Å². The average Bonchev–Trinajstić information content (AvgIpc) is 2.13. The lowest BCUT2D eigenvalue weighted by Gasteiger charge is -2.07. The van der Waals surface area contributed by atoms with E-state index >= 15 is 0 Å². The van der Waals surface area contributed by atoms with Gasteiger partial charge < -0.3 is 4.74 Å². The highest BCUT2D eigenvalue weighted by atomic mass is 79.9. The first-order valence-electron chi connectivity index (χ1n) is 4.64. The molecule has 0 N–H and O–H groups in total. The Labute approximate surface area is 96.6 Å². The Morgan fingerprint density at radius 2 is 2.20 bits per heavy atom. The van der Waals surface area contributed by atoms with Crippen LogP contribution in [0, 0.1) is 12.7 Å². The molecule has 0 aliphatic rings. The predicted octanol–water partition coefficient (Wildman–Crippen LogP) is 3.00. The molecule has 0 aromatic heterocycles. The van der Waals surface area contributed by atoms with E-state index in [-0.39, 0.29) is 18.2 Å². The second kappa shape index (κ2) is 5.26. The molecule has 0 aliphatic heterocycles. The zero-order valence-electron chi connectivity index (χ0n) is 8.64. The van der Waals surface area contributed by atoms with E-state index in [0.717, 1.165) is 10.0 Å². The maximum atomic E-state index is 13.1. The van der Waals surface area contributed by atoms with Crippen molar-refractivity contribution in [1.82, 2.24) is 0 Å². The third-order valence-electron chi connectivity index (χ3n) is 1.93. The molecule has 0 spiro atoms. The third-order valence-corrected chi connectivity index (χ3v) is 3.07. The zero-order valence-corrected chi connectivity index (χ0v) is 10.2. The number of hydrogen-bond acceptors (Lipinski definition) is 2. The standard InChI is InChI=1S/C11H12BrFO2/c1-3-15-10(14)6-8-5-9(13)4-7(2)11(8)12/h4-5H,3,6H2,1-2H3. The van der Waals surface area contributed by atoms with Gasteiger partial charge in [0.05, 0.1) is 13.0 Å². The van der Waals surface area contributed by atoms with Gasteiger partial charge in [-0.3, -0.25) is 4.79 Å². The van der Waals surface area contributed by atoms with Crippen LogP contribution in [0.1, 0.15) is 18.1 Å². The quantitative estimate of drug-likeness (QED) is 0.793. The molecule has 1 rings (SSSR count). The number of halogens is 2. The molecule has 2 nitrogen and oxygen atoms in total. The Hall–Kier alpha value is -0.900. The molecular weight excluding hydrogens is 263 g/mol. The predicted molar refractivity (Wildman–Crippen MR) is 59.2 cm³/mol. The molecule has 0 unspecified atom stereocenters. The highest BCUT2D eigenvalue weighted by Gasteiger charge is 2.10. The van der Waals surface area contributed by atoms with Gasteiger partial charge in [0.25, 0.3) is 0 Å². The normalized spacial score (nSPS) is 10.1. The van der Waals surface area contributed by atoms with E-state index in [1.54, 1.807) is 13.8 Å². The number of esters is 1. The summed E-state index contributed by atoms with van der Waals surface area (Å²) < 4.78 is 18.6. The summed E-state index contributed by atoms with van der Waals surface area (Å²) in [5.41, 5.74) is 1.39. The minimum Gasteiger partial charge on any atom is -0.466 e. The van der Waals surface area contributed by atoms with E-state index in [2.05, 4.69) is 15.9 Å². The molecular formula is C11H12BrFO2. The number of carbonyl (C=O) groups is 1. The van der Waals surface area contributed by atoms with Gasteiger partial charge in [-0.15, -0.1) is 0 Å². The summed E-state index contributed by atoms with van der Waals surface area (Å²) >= 11 is 3.32. The van der Waals surface area contributed by atoms with E-state index in [9.17, 15) is 9.18 Å². The Morgan fingerprint density at radius 3 is 2.80 bits per heavy atom. The first-order valence-corrected chi connectivity index (χ1v) is 5.44. The molecule has 0 amide bonds. The summed E-state index contributed by atoms with van der Waals surface area (Å²) in [7, 11) is 0. The molecule has 82 valence electrons. The van der Waals surface area contributed by atoms with Gasteiger partial charge in [-0.2, -0.15) is 0 Å². The number of ether oxygens (including phenoxy) is 1. The fraction of sp³-hybridized carbons (Fsp3) is 0.364. The van der Waals surface area contributed by atoms with Crippen LogP contribution in [0.25, 0.3) is 0 Å². The van der Waals surface area contributed by atoms with Crippen molar-refractivity contribution in [3.05, 3.63) is 33.5 Å². The molecule has 15 heavy (non-hydrogen) atoms. The summed E-state index contributed by atoms with van der Waals surface area (Å²) in [4.78, 5) is 11.2. The van der Waals surface area contributed by atoms with Crippen molar-refractivity contribution in [2.75, 3.05) is 6.61 Å². The fourth-order valence-electron chi connectivity index (χ4n) is 1.29. The zero-order chi connectivity index (χ0) is 11.4. The molecule has 0 bridgehead atoms. The average molecular weight is 275 g/mol. The van der Waals surface area contributed by atoms with Gasteiger partial charge in [0, 0.05) is 4.47 Å². The summed E-state index contributed by atoms with van der Waals surface area (Å²) in [6.45, 7) is 3.86. The molecule has 0 saturated carbocycles. The Morgan fingerprint density at radius 1 is 1.53 bits per heavy atom. The first kappa shape index (κ1) is 12.2. The topological polar surface area (TPSA) is 26.3 Å². The number of benzene rings is 1. The summed E-state index contributed by atoms with van der Waals surface area (Å²) in [6.07, 6.45) is 0.0903. The van der Waals surface area contributed by atoms with Gasteiger partial charge in [-0.25, -0.2) is 4.39 Å². The number of hydrogen-bond donors (Lipinski definition) is 0. The molecule has 0 fully saturated rings. The highest BCUT2D eigenvalue weighted by Crippen LogP contribution is 2.23. The van der Waals surface area contributed by atoms with Crippen molar-refractivity contribution in [3.63, 3.8) is 0 Å². The van der Waals surface area contributed by atoms with Crippen LogP contribution in [0.15, 0.2) is 16.6 Å². The van der Waals surface area contributed by atoms with E-state index < -0.39 is 0 Å². The molecule has 4 heteroatoms. The molecule has 1 aromatic rings. The van der Waals surface area contributed by atoms with Crippen LogP contribution in [0.4, 0.5) is 4.39 Å². The van der Waals surface area contributed by atoms with Crippen molar-refractivity contribution < 1.29 is 13.9 Å². The van der Waals surface area contributed by atoms with Gasteiger partial charge in [-0.05, 0) is 37.1 Å².